The van der Waals surface area contributed by atoms with E-state index in [1.807, 2.05) is 0 Å². The number of aliphatic carboxylic acids is 1. The molecule has 0 saturated carbocycles. The van der Waals surface area contributed by atoms with Crippen LogP contribution in [0.3, 0.4) is 0 Å². The second-order valence-electron chi connectivity index (χ2n) is 3.34. The van der Waals surface area contributed by atoms with E-state index in [1.165, 1.54) is 18.2 Å². The van der Waals surface area contributed by atoms with Crippen molar-refractivity contribution in [2.75, 3.05) is 12.4 Å². The summed E-state index contributed by atoms with van der Waals surface area (Å²) in [6.45, 7) is 1.82. The lowest BCUT2D eigenvalue weighted by Crippen LogP contribution is -2.15. The summed E-state index contributed by atoms with van der Waals surface area (Å²) in [5.41, 5.74) is 0. The summed E-state index contributed by atoms with van der Waals surface area (Å²) in [6.07, 6.45) is 0. The van der Waals surface area contributed by atoms with Gasteiger partial charge < -0.3 is 9.84 Å². The average Bonchev–Trinajstić information content (AvgIpc) is 2.28. The zero-order chi connectivity index (χ0) is 13.6. The van der Waals surface area contributed by atoms with E-state index in [4.69, 9.17) is 9.84 Å². The van der Waals surface area contributed by atoms with Crippen molar-refractivity contribution in [3.63, 3.8) is 0 Å². The highest BCUT2D eigenvalue weighted by Crippen LogP contribution is 2.18. The van der Waals surface area contributed by atoms with Gasteiger partial charge in [-0.05, 0) is 25.1 Å². The van der Waals surface area contributed by atoms with Crippen molar-refractivity contribution >= 4 is 15.8 Å². The Morgan fingerprint density at radius 1 is 1.44 bits per heavy atom. The molecule has 0 aromatic heterocycles. The van der Waals surface area contributed by atoms with Crippen molar-refractivity contribution in [2.24, 2.45) is 0 Å². The van der Waals surface area contributed by atoms with E-state index in [1.54, 1.807) is 13.0 Å². The van der Waals surface area contributed by atoms with Crippen LogP contribution in [0.4, 0.5) is 0 Å². The van der Waals surface area contributed by atoms with Crippen LogP contribution in [-0.4, -0.2) is 31.9 Å². The van der Waals surface area contributed by atoms with Crippen LogP contribution in [0.5, 0.6) is 5.75 Å². The third-order valence-corrected chi connectivity index (χ3v) is 3.57. The molecule has 0 atom stereocenters. The largest absolute Gasteiger partial charge is 0.481 e. The van der Waals surface area contributed by atoms with Crippen molar-refractivity contribution in [3.05, 3.63) is 24.3 Å². The molecule has 0 unspecified atom stereocenters. The van der Waals surface area contributed by atoms with Gasteiger partial charge in [-0.1, -0.05) is 12.0 Å². The molecule has 0 fully saturated rings. The number of rotatable bonds is 5. The Morgan fingerprint density at radius 3 is 2.78 bits per heavy atom. The molecule has 1 aromatic carbocycles. The molecule has 0 saturated heterocycles. The summed E-state index contributed by atoms with van der Waals surface area (Å²) in [5.74, 6) is 3.32. The Bertz CT molecular complexity index is 592. The highest BCUT2D eigenvalue weighted by molar-refractivity contribution is 7.92. The van der Waals surface area contributed by atoms with E-state index >= 15 is 0 Å². The van der Waals surface area contributed by atoms with Crippen LogP contribution >= 0.6 is 0 Å². The number of hydrogen-bond acceptors (Lipinski definition) is 4. The van der Waals surface area contributed by atoms with E-state index in [0.717, 1.165) is 0 Å². The average molecular weight is 268 g/mol. The highest BCUT2D eigenvalue weighted by Gasteiger charge is 2.19. The fraction of sp³-hybridized carbons (Fsp3) is 0.250. The van der Waals surface area contributed by atoms with Crippen molar-refractivity contribution in [2.45, 2.75) is 11.8 Å². The SMILES string of the molecule is CC#CCOc1cccc(S(=O)(=O)CC(=O)O)c1. The first-order valence-corrected chi connectivity index (χ1v) is 6.68. The zero-order valence-corrected chi connectivity index (χ0v) is 10.5. The molecule has 0 spiro atoms. The Balaban J connectivity index is 2.93. The molecule has 0 heterocycles. The highest BCUT2D eigenvalue weighted by atomic mass is 32.2. The van der Waals surface area contributed by atoms with Gasteiger partial charge in [0.05, 0.1) is 4.90 Å². The first-order chi connectivity index (χ1) is 8.45. The second kappa shape index (κ2) is 6.07. The van der Waals surface area contributed by atoms with Crippen molar-refractivity contribution in [1.29, 1.82) is 0 Å². The molecule has 0 radical (unpaired) electrons. The molecule has 0 aliphatic heterocycles. The fourth-order valence-corrected chi connectivity index (χ4v) is 2.27. The lowest BCUT2D eigenvalue weighted by Gasteiger charge is -2.05. The number of hydrogen-bond donors (Lipinski definition) is 1. The monoisotopic (exact) mass is 268 g/mol. The van der Waals surface area contributed by atoms with Crippen molar-refractivity contribution in [3.8, 4) is 17.6 Å². The smallest absolute Gasteiger partial charge is 0.319 e. The maximum absolute atomic E-state index is 11.7. The van der Waals surface area contributed by atoms with Gasteiger partial charge in [-0.2, -0.15) is 0 Å². The fourth-order valence-electron chi connectivity index (χ4n) is 1.19. The summed E-state index contributed by atoms with van der Waals surface area (Å²) < 4.78 is 28.5. The molecular formula is C12H12O5S. The Hall–Kier alpha value is -2.00. The molecule has 0 amide bonds. The summed E-state index contributed by atoms with van der Waals surface area (Å²) >= 11 is 0. The molecule has 6 heteroatoms. The lowest BCUT2D eigenvalue weighted by molar-refractivity contribution is -0.134. The van der Waals surface area contributed by atoms with Crippen molar-refractivity contribution < 1.29 is 23.1 Å². The number of carboxylic acids is 1. The third-order valence-electron chi connectivity index (χ3n) is 1.97. The van der Waals surface area contributed by atoms with E-state index in [9.17, 15) is 13.2 Å². The van der Waals surface area contributed by atoms with Gasteiger partial charge in [0.2, 0.25) is 0 Å². The molecule has 1 aromatic rings. The van der Waals surface area contributed by atoms with Gasteiger partial charge in [0.1, 0.15) is 12.4 Å². The number of carbonyl (C=O) groups is 1. The molecule has 1 rings (SSSR count). The van der Waals surface area contributed by atoms with E-state index in [0.29, 0.717) is 5.75 Å². The molecule has 1 N–H and O–H groups in total. The summed E-state index contributed by atoms with van der Waals surface area (Å²) in [7, 11) is -3.83. The van der Waals surface area contributed by atoms with Crippen LogP contribution in [0.25, 0.3) is 0 Å². The van der Waals surface area contributed by atoms with Crippen LogP contribution < -0.4 is 4.74 Å². The minimum atomic E-state index is -3.83. The molecule has 0 aliphatic rings. The molecule has 5 nitrogen and oxygen atoms in total. The second-order valence-corrected chi connectivity index (χ2v) is 5.33. The van der Waals surface area contributed by atoms with E-state index < -0.39 is 21.6 Å². The van der Waals surface area contributed by atoms with Crippen LogP contribution in [0.2, 0.25) is 0 Å². The van der Waals surface area contributed by atoms with Gasteiger partial charge in [0.15, 0.2) is 15.6 Å². The molecule has 0 aliphatic carbocycles. The predicted molar refractivity (Wildman–Crippen MR) is 65.1 cm³/mol. The first-order valence-electron chi connectivity index (χ1n) is 5.03. The first kappa shape index (κ1) is 14.1. The quantitative estimate of drug-likeness (QED) is 0.804. The molecule has 96 valence electrons. The van der Waals surface area contributed by atoms with Crippen LogP contribution in [-0.2, 0) is 14.6 Å². The number of benzene rings is 1. The van der Waals surface area contributed by atoms with Gasteiger partial charge in [-0.15, -0.1) is 5.92 Å². The number of carboxylic acid groups (broad SMARTS) is 1. The summed E-state index contributed by atoms with van der Waals surface area (Å²) in [6, 6.07) is 5.69. The van der Waals surface area contributed by atoms with E-state index in [-0.39, 0.29) is 11.5 Å². The zero-order valence-electron chi connectivity index (χ0n) is 9.71. The molecular weight excluding hydrogens is 256 g/mol. The van der Waals surface area contributed by atoms with Crippen LogP contribution in [0.15, 0.2) is 29.2 Å². The lowest BCUT2D eigenvalue weighted by atomic mass is 10.3. The number of ether oxygens (including phenoxy) is 1. The Kier molecular flexibility index (Phi) is 4.75. The van der Waals surface area contributed by atoms with Gasteiger partial charge >= 0.3 is 5.97 Å². The minimum absolute atomic E-state index is 0.0770. The summed E-state index contributed by atoms with van der Waals surface area (Å²) in [4.78, 5) is 10.4. The standard InChI is InChI=1S/C12H12O5S/c1-2-3-7-17-10-5-4-6-11(8-10)18(15,16)9-12(13)14/h4-6,8H,7,9H2,1H3,(H,13,14). The van der Waals surface area contributed by atoms with Gasteiger partial charge in [0, 0.05) is 0 Å². The molecule has 0 bridgehead atoms. The van der Waals surface area contributed by atoms with Gasteiger partial charge in [-0.25, -0.2) is 8.42 Å². The predicted octanol–water partition coefficient (Wildman–Crippen LogP) is 0.947. The molecule has 18 heavy (non-hydrogen) atoms. The van der Waals surface area contributed by atoms with Crippen LogP contribution in [0, 0.1) is 11.8 Å². The van der Waals surface area contributed by atoms with Crippen molar-refractivity contribution in [1.82, 2.24) is 0 Å². The maximum atomic E-state index is 11.7. The van der Waals surface area contributed by atoms with Gasteiger partial charge in [0.25, 0.3) is 0 Å². The van der Waals surface area contributed by atoms with Crippen LogP contribution in [0.1, 0.15) is 6.92 Å². The Labute approximate surface area is 105 Å². The summed E-state index contributed by atoms with van der Waals surface area (Å²) in [5, 5.41) is 8.52. The number of sulfone groups is 1. The van der Waals surface area contributed by atoms with Gasteiger partial charge in [-0.3, -0.25) is 4.79 Å². The topological polar surface area (TPSA) is 80.7 Å². The van der Waals surface area contributed by atoms with E-state index in [2.05, 4.69) is 11.8 Å². The Morgan fingerprint density at radius 2 is 2.17 bits per heavy atom. The third kappa shape index (κ3) is 4.11. The normalized spacial score (nSPS) is 10.3. The maximum Gasteiger partial charge on any atom is 0.319 e. The minimum Gasteiger partial charge on any atom is -0.481 e.